The van der Waals surface area contributed by atoms with Crippen molar-refractivity contribution in [2.75, 3.05) is 19.6 Å². The van der Waals surface area contributed by atoms with Gasteiger partial charge in [0.1, 0.15) is 12.3 Å². The molecular weight excluding hydrogens is 356 g/mol. The molecule has 28 heavy (non-hydrogen) atoms. The Balaban J connectivity index is 1.16. The fourth-order valence-electron chi connectivity index (χ4n) is 3.57. The molecule has 1 aliphatic carbocycles. The van der Waals surface area contributed by atoms with Crippen molar-refractivity contribution in [2.24, 2.45) is 5.92 Å². The first-order chi connectivity index (χ1) is 13.7. The maximum absolute atomic E-state index is 12.3. The Bertz CT molecular complexity index is 792. The first-order valence-electron chi connectivity index (χ1n) is 9.97. The maximum Gasteiger partial charge on any atom is 0.410 e. The van der Waals surface area contributed by atoms with E-state index in [9.17, 15) is 9.59 Å². The lowest BCUT2D eigenvalue weighted by atomic mass is 9.97. The van der Waals surface area contributed by atoms with E-state index in [1.165, 1.54) is 18.4 Å². The van der Waals surface area contributed by atoms with E-state index in [0.717, 1.165) is 24.3 Å². The van der Waals surface area contributed by atoms with Crippen molar-refractivity contribution >= 4 is 12.0 Å². The maximum atomic E-state index is 12.3. The molecule has 1 aromatic carbocycles. The monoisotopic (exact) mass is 382 g/mol. The first-order valence-corrected chi connectivity index (χ1v) is 9.97. The molecule has 0 bridgehead atoms. The van der Waals surface area contributed by atoms with E-state index in [2.05, 4.69) is 39.8 Å². The molecule has 2 amide bonds. The summed E-state index contributed by atoms with van der Waals surface area (Å²) in [6.07, 6.45) is 5.59. The summed E-state index contributed by atoms with van der Waals surface area (Å²) >= 11 is 0. The summed E-state index contributed by atoms with van der Waals surface area (Å²) in [5.74, 6) is 0.958. The van der Waals surface area contributed by atoms with Gasteiger partial charge in [0.05, 0.1) is 0 Å². The van der Waals surface area contributed by atoms with Crippen LogP contribution in [0.15, 0.2) is 36.5 Å². The van der Waals surface area contributed by atoms with Crippen LogP contribution in [0.2, 0.25) is 0 Å². The van der Waals surface area contributed by atoms with Gasteiger partial charge in [-0.3, -0.25) is 9.89 Å². The molecule has 1 aliphatic heterocycles. The number of amides is 2. The molecule has 0 atom stereocenters. The van der Waals surface area contributed by atoms with Gasteiger partial charge in [-0.15, -0.1) is 0 Å². The predicted octanol–water partition coefficient (Wildman–Crippen LogP) is 3.07. The summed E-state index contributed by atoms with van der Waals surface area (Å²) in [6, 6.07) is 10.0. The van der Waals surface area contributed by atoms with Gasteiger partial charge in [-0.05, 0) is 54.7 Å². The number of nitrogens with one attached hydrogen (secondary N) is 2. The van der Waals surface area contributed by atoms with E-state index in [0.29, 0.717) is 37.9 Å². The van der Waals surface area contributed by atoms with Gasteiger partial charge in [-0.2, -0.15) is 5.10 Å². The van der Waals surface area contributed by atoms with Crippen molar-refractivity contribution in [3.05, 3.63) is 53.3 Å². The summed E-state index contributed by atoms with van der Waals surface area (Å²) in [5, 5.41) is 9.35. The molecule has 2 fully saturated rings. The molecule has 2 aromatic rings. The quantitative estimate of drug-likeness (QED) is 0.804. The van der Waals surface area contributed by atoms with Crippen LogP contribution in [0.4, 0.5) is 4.79 Å². The zero-order valence-electron chi connectivity index (χ0n) is 15.9. The van der Waals surface area contributed by atoms with Crippen molar-refractivity contribution in [1.82, 2.24) is 20.4 Å². The molecule has 1 saturated carbocycles. The summed E-state index contributed by atoms with van der Waals surface area (Å²) in [4.78, 5) is 26.0. The van der Waals surface area contributed by atoms with E-state index in [1.807, 2.05) is 0 Å². The van der Waals surface area contributed by atoms with Crippen LogP contribution in [0.5, 0.6) is 0 Å². The number of aromatic nitrogens is 2. The van der Waals surface area contributed by atoms with Crippen LogP contribution in [0, 0.1) is 5.92 Å². The molecule has 1 aromatic heterocycles. The van der Waals surface area contributed by atoms with Gasteiger partial charge in [0, 0.05) is 25.8 Å². The highest BCUT2D eigenvalue weighted by Gasteiger charge is 2.25. The number of ether oxygens (including phenoxy) is 1. The lowest BCUT2D eigenvalue weighted by molar-refractivity contribution is 0.0800. The van der Waals surface area contributed by atoms with E-state index in [4.69, 9.17) is 4.74 Å². The van der Waals surface area contributed by atoms with Crippen molar-refractivity contribution in [1.29, 1.82) is 0 Å². The Hall–Kier alpha value is -2.83. The zero-order valence-corrected chi connectivity index (χ0v) is 15.9. The number of likely N-dealkylation sites (tertiary alicyclic amines) is 1. The molecule has 148 valence electrons. The molecule has 2 aliphatic rings. The van der Waals surface area contributed by atoms with Gasteiger partial charge in [0.15, 0.2) is 0 Å². The molecular formula is C21H26N4O3. The normalized spacial score (nSPS) is 17.4. The molecule has 0 unspecified atom stereocenters. The molecule has 0 radical (unpaired) electrons. The van der Waals surface area contributed by atoms with Crippen LogP contribution >= 0.6 is 0 Å². The van der Waals surface area contributed by atoms with Crippen LogP contribution in [-0.4, -0.2) is 46.7 Å². The lowest BCUT2D eigenvalue weighted by Gasteiger charge is -2.31. The van der Waals surface area contributed by atoms with Crippen molar-refractivity contribution in [2.45, 2.75) is 38.2 Å². The third-order valence-electron chi connectivity index (χ3n) is 5.56. The number of rotatable bonds is 6. The second kappa shape index (κ2) is 8.46. The number of aromatic amines is 1. The number of H-pyrrole nitrogens is 1. The Morgan fingerprint density at radius 3 is 2.50 bits per heavy atom. The predicted molar refractivity (Wildman–Crippen MR) is 104 cm³/mol. The number of carbonyl (C=O) groups excluding carboxylic acids is 2. The van der Waals surface area contributed by atoms with Gasteiger partial charge in [-0.1, -0.05) is 24.3 Å². The van der Waals surface area contributed by atoms with E-state index >= 15 is 0 Å². The highest BCUT2D eigenvalue weighted by atomic mass is 16.6. The summed E-state index contributed by atoms with van der Waals surface area (Å²) < 4.78 is 5.47. The molecule has 4 rings (SSSR count). The van der Waals surface area contributed by atoms with E-state index in [-0.39, 0.29) is 12.0 Å². The van der Waals surface area contributed by atoms with Crippen LogP contribution < -0.4 is 5.32 Å². The van der Waals surface area contributed by atoms with Crippen molar-refractivity contribution in [3.63, 3.8) is 0 Å². The minimum atomic E-state index is -0.258. The fraction of sp³-hybridized carbons (Fsp3) is 0.476. The largest absolute Gasteiger partial charge is 0.445 e. The van der Waals surface area contributed by atoms with Crippen LogP contribution in [-0.2, 0) is 11.3 Å². The number of hydrogen-bond donors (Lipinski definition) is 2. The third kappa shape index (κ3) is 4.71. The van der Waals surface area contributed by atoms with Gasteiger partial charge in [0.25, 0.3) is 5.91 Å². The minimum absolute atomic E-state index is 0.146. The summed E-state index contributed by atoms with van der Waals surface area (Å²) in [6.45, 7) is 2.23. The standard InChI is InChI=1S/C21H26N4O3/c26-20(19-7-10-23-24-19)22-13-15-8-11-25(12-9-15)21(27)28-14-16-1-3-17(4-2-16)18-5-6-18/h1-4,7,10,15,18H,5-6,8-9,11-14H2,(H,22,26)(H,23,24). The Kier molecular flexibility index (Phi) is 5.60. The third-order valence-corrected chi connectivity index (χ3v) is 5.56. The number of nitrogens with zero attached hydrogens (tertiary/aromatic N) is 2. The van der Waals surface area contributed by atoms with Crippen LogP contribution in [0.25, 0.3) is 0 Å². The molecule has 7 heteroatoms. The average Bonchev–Trinajstić information content (AvgIpc) is 3.44. The van der Waals surface area contributed by atoms with Crippen LogP contribution in [0.1, 0.15) is 53.2 Å². The summed E-state index contributed by atoms with van der Waals surface area (Å²) in [7, 11) is 0. The van der Waals surface area contributed by atoms with E-state index in [1.54, 1.807) is 17.2 Å². The van der Waals surface area contributed by atoms with Crippen molar-refractivity contribution in [3.8, 4) is 0 Å². The lowest BCUT2D eigenvalue weighted by Crippen LogP contribution is -2.41. The number of hydrogen-bond acceptors (Lipinski definition) is 4. The van der Waals surface area contributed by atoms with Crippen LogP contribution in [0.3, 0.4) is 0 Å². The number of benzene rings is 1. The van der Waals surface area contributed by atoms with Crippen molar-refractivity contribution < 1.29 is 14.3 Å². The highest BCUT2D eigenvalue weighted by Crippen LogP contribution is 2.39. The topological polar surface area (TPSA) is 87.3 Å². The second-order valence-corrected chi connectivity index (χ2v) is 7.68. The molecule has 0 spiro atoms. The molecule has 2 N–H and O–H groups in total. The Labute approximate surface area is 164 Å². The number of piperidine rings is 1. The Morgan fingerprint density at radius 2 is 1.86 bits per heavy atom. The van der Waals surface area contributed by atoms with Gasteiger partial charge >= 0.3 is 6.09 Å². The first kappa shape index (κ1) is 18.5. The smallest absolute Gasteiger partial charge is 0.410 e. The fourth-order valence-corrected chi connectivity index (χ4v) is 3.57. The average molecular weight is 382 g/mol. The summed E-state index contributed by atoms with van der Waals surface area (Å²) in [5.41, 5.74) is 2.87. The van der Waals surface area contributed by atoms with Gasteiger partial charge in [0.2, 0.25) is 0 Å². The van der Waals surface area contributed by atoms with Gasteiger partial charge < -0.3 is 15.0 Å². The SMILES string of the molecule is O=C(NCC1CCN(C(=O)OCc2ccc(C3CC3)cc2)CC1)c1ccn[nH]1. The zero-order chi connectivity index (χ0) is 19.3. The second-order valence-electron chi connectivity index (χ2n) is 7.68. The van der Waals surface area contributed by atoms with Gasteiger partial charge in [-0.25, -0.2) is 4.79 Å². The van der Waals surface area contributed by atoms with E-state index < -0.39 is 0 Å². The molecule has 7 nitrogen and oxygen atoms in total. The molecule has 2 heterocycles. The highest BCUT2D eigenvalue weighted by molar-refractivity contribution is 5.92. The Morgan fingerprint density at radius 1 is 1.11 bits per heavy atom. The molecule has 1 saturated heterocycles. The minimum Gasteiger partial charge on any atom is -0.445 e. The number of carbonyl (C=O) groups is 2.